The van der Waals surface area contributed by atoms with Crippen molar-refractivity contribution in [1.29, 1.82) is 0 Å². The van der Waals surface area contributed by atoms with Crippen molar-refractivity contribution >= 4 is 5.97 Å². The number of esters is 1. The van der Waals surface area contributed by atoms with Crippen molar-refractivity contribution in [2.24, 2.45) is 0 Å². The smallest absolute Gasteiger partial charge is 0.339 e. The lowest BCUT2D eigenvalue weighted by atomic mass is 10.0. The third kappa shape index (κ3) is 4.25. The molecule has 0 aromatic carbocycles. The minimum atomic E-state index is -0.340. The molecule has 1 aliphatic rings. The van der Waals surface area contributed by atoms with E-state index in [9.17, 15) is 4.79 Å². The summed E-state index contributed by atoms with van der Waals surface area (Å²) in [6, 6.07) is 3.68. The number of ether oxygens (including phenoxy) is 1. The van der Waals surface area contributed by atoms with E-state index < -0.39 is 0 Å². The average molecular weight is 291 g/mol. The minimum Gasteiger partial charge on any atom is -0.465 e. The molecule has 0 radical (unpaired) electrons. The van der Waals surface area contributed by atoms with E-state index in [4.69, 9.17) is 0 Å². The van der Waals surface area contributed by atoms with Gasteiger partial charge in [0, 0.05) is 44.5 Å². The van der Waals surface area contributed by atoms with E-state index in [2.05, 4.69) is 40.3 Å². The number of piperazine rings is 1. The molecule has 2 heterocycles. The van der Waals surface area contributed by atoms with E-state index in [0.717, 1.165) is 38.4 Å². The van der Waals surface area contributed by atoms with Crippen LogP contribution in [0, 0.1) is 0 Å². The first-order valence-corrected chi connectivity index (χ1v) is 7.41. The first kappa shape index (κ1) is 15.9. The molecule has 0 atom stereocenters. The first-order chi connectivity index (χ1) is 9.90. The summed E-state index contributed by atoms with van der Waals surface area (Å²) < 4.78 is 4.67. The Bertz CT molecular complexity index is 471. The predicted octanol–water partition coefficient (Wildman–Crippen LogP) is 1.78. The van der Waals surface area contributed by atoms with Crippen LogP contribution in [0.1, 0.15) is 36.8 Å². The SMILES string of the molecule is COC(=O)c1ccc(CN2CCN(C(C)(C)C)CC2)nc1. The van der Waals surface area contributed by atoms with Crippen LogP contribution in [-0.2, 0) is 11.3 Å². The van der Waals surface area contributed by atoms with Crippen LogP contribution in [0.5, 0.6) is 0 Å². The lowest BCUT2D eigenvalue weighted by molar-refractivity contribution is 0.0585. The van der Waals surface area contributed by atoms with Gasteiger partial charge in [0.25, 0.3) is 0 Å². The van der Waals surface area contributed by atoms with Gasteiger partial charge >= 0.3 is 5.97 Å². The Morgan fingerprint density at radius 2 is 1.90 bits per heavy atom. The van der Waals surface area contributed by atoms with Crippen molar-refractivity contribution in [2.45, 2.75) is 32.9 Å². The zero-order valence-electron chi connectivity index (χ0n) is 13.4. The zero-order valence-corrected chi connectivity index (χ0v) is 13.4. The highest BCUT2D eigenvalue weighted by atomic mass is 16.5. The van der Waals surface area contributed by atoms with Crippen molar-refractivity contribution in [2.75, 3.05) is 33.3 Å². The van der Waals surface area contributed by atoms with Gasteiger partial charge in [-0.3, -0.25) is 14.8 Å². The van der Waals surface area contributed by atoms with Crippen LogP contribution in [-0.4, -0.2) is 59.6 Å². The monoisotopic (exact) mass is 291 g/mol. The Morgan fingerprint density at radius 1 is 1.24 bits per heavy atom. The summed E-state index contributed by atoms with van der Waals surface area (Å²) in [7, 11) is 1.38. The van der Waals surface area contributed by atoms with Gasteiger partial charge in [-0.1, -0.05) is 0 Å². The fraction of sp³-hybridized carbons (Fsp3) is 0.625. The van der Waals surface area contributed by atoms with Crippen LogP contribution < -0.4 is 0 Å². The second kappa shape index (κ2) is 6.54. The highest BCUT2D eigenvalue weighted by Gasteiger charge is 2.25. The van der Waals surface area contributed by atoms with Crippen LogP contribution in [0.15, 0.2) is 18.3 Å². The summed E-state index contributed by atoms with van der Waals surface area (Å²) in [5, 5.41) is 0. The van der Waals surface area contributed by atoms with Crippen molar-refractivity contribution < 1.29 is 9.53 Å². The molecule has 1 fully saturated rings. The Hall–Kier alpha value is -1.46. The number of hydrogen-bond acceptors (Lipinski definition) is 5. The van der Waals surface area contributed by atoms with Gasteiger partial charge in [0.05, 0.1) is 18.4 Å². The van der Waals surface area contributed by atoms with E-state index in [0.29, 0.717) is 5.56 Å². The standard InChI is InChI=1S/C16H25N3O2/c1-16(2,3)19-9-7-18(8-10-19)12-14-6-5-13(11-17-14)15(20)21-4/h5-6,11H,7-10,12H2,1-4H3. The molecule has 0 spiro atoms. The van der Waals surface area contributed by atoms with Crippen LogP contribution in [0.4, 0.5) is 0 Å². The summed E-state index contributed by atoms with van der Waals surface area (Å²) in [5.41, 5.74) is 1.73. The summed E-state index contributed by atoms with van der Waals surface area (Å²) >= 11 is 0. The molecule has 2 rings (SSSR count). The number of carbonyl (C=O) groups is 1. The Labute approximate surface area is 126 Å². The molecule has 116 valence electrons. The van der Waals surface area contributed by atoms with Crippen LogP contribution in [0.25, 0.3) is 0 Å². The molecule has 1 saturated heterocycles. The number of carbonyl (C=O) groups excluding carboxylic acids is 1. The van der Waals surface area contributed by atoms with Crippen LogP contribution in [0.3, 0.4) is 0 Å². The van der Waals surface area contributed by atoms with Crippen molar-refractivity contribution in [3.63, 3.8) is 0 Å². The third-order valence-corrected chi connectivity index (χ3v) is 3.95. The number of pyridine rings is 1. The Morgan fingerprint density at radius 3 is 2.38 bits per heavy atom. The highest BCUT2D eigenvalue weighted by molar-refractivity contribution is 5.88. The third-order valence-electron chi connectivity index (χ3n) is 3.95. The molecule has 1 aromatic rings. The van der Waals surface area contributed by atoms with Crippen LogP contribution >= 0.6 is 0 Å². The number of rotatable bonds is 3. The Balaban J connectivity index is 1.88. The normalized spacial score (nSPS) is 17.7. The zero-order chi connectivity index (χ0) is 15.5. The van der Waals surface area contributed by atoms with E-state index in [1.165, 1.54) is 7.11 Å². The molecule has 0 bridgehead atoms. The molecule has 5 nitrogen and oxygen atoms in total. The molecule has 0 N–H and O–H groups in total. The second-order valence-electron chi connectivity index (χ2n) is 6.46. The molecular weight excluding hydrogens is 266 g/mol. The van der Waals surface area contributed by atoms with E-state index >= 15 is 0 Å². The first-order valence-electron chi connectivity index (χ1n) is 7.41. The number of nitrogens with zero attached hydrogens (tertiary/aromatic N) is 3. The molecule has 0 saturated carbocycles. The van der Waals surface area contributed by atoms with Gasteiger partial charge in [0.2, 0.25) is 0 Å². The van der Waals surface area contributed by atoms with Crippen molar-refractivity contribution in [1.82, 2.24) is 14.8 Å². The number of hydrogen-bond donors (Lipinski definition) is 0. The van der Waals surface area contributed by atoms with E-state index in [1.807, 2.05) is 6.07 Å². The maximum absolute atomic E-state index is 11.4. The van der Waals surface area contributed by atoms with Gasteiger partial charge in [-0.25, -0.2) is 4.79 Å². The highest BCUT2D eigenvalue weighted by Crippen LogP contribution is 2.16. The van der Waals surface area contributed by atoms with E-state index in [-0.39, 0.29) is 11.5 Å². The fourth-order valence-electron chi connectivity index (χ4n) is 2.56. The quantitative estimate of drug-likeness (QED) is 0.795. The summed E-state index contributed by atoms with van der Waals surface area (Å²) in [4.78, 5) is 20.6. The van der Waals surface area contributed by atoms with Gasteiger partial charge in [-0.15, -0.1) is 0 Å². The van der Waals surface area contributed by atoms with Crippen LogP contribution in [0.2, 0.25) is 0 Å². The van der Waals surface area contributed by atoms with Gasteiger partial charge < -0.3 is 4.74 Å². The minimum absolute atomic E-state index is 0.243. The average Bonchev–Trinajstić information content (AvgIpc) is 2.47. The largest absolute Gasteiger partial charge is 0.465 e. The van der Waals surface area contributed by atoms with Gasteiger partial charge in [0.1, 0.15) is 0 Å². The molecule has 21 heavy (non-hydrogen) atoms. The van der Waals surface area contributed by atoms with Crippen molar-refractivity contribution in [3.8, 4) is 0 Å². The molecule has 1 aliphatic heterocycles. The lowest BCUT2D eigenvalue weighted by Gasteiger charge is -2.42. The lowest BCUT2D eigenvalue weighted by Crippen LogP contribution is -2.53. The molecule has 0 amide bonds. The van der Waals surface area contributed by atoms with Gasteiger partial charge in [0.15, 0.2) is 0 Å². The molecular formula is C16H25N3O2. The summed E-state index contributed by atoms with van der Waals surface area (Å²) in [6.45, 7) is 11.9. The number of aromatic nitrogens is 1. The summed E-state index contributed by atoms with van der Waals surface area (Å²) in [5.74, 6) is -0.340. The molecule has 0 aliphatic carbocycles. The molecule has 1 aromatic heterocycles. The van der Waals surface area contributed by atoms with Crippen molar-refractivity contribution in [3.05, 3.63) is 29.6 Å². The number of methoxy groups -OCH3 is 1. The molecule has 0 unspecified atom stereocenters. The van der Waals surface area contributed by atoms with Gasteiger partial charge in [-0.05, 0) is 32.9 Å². The maximum Gasteiger partial charge on any atom is 0.339 e. The predicted molar refractivity (Wildman–Crippen MR) is 82.2 cm³/mol. The summed E-state index contributed by atoms with van der Waals surface area (Å²) in [6.07, 6.45) is 1.59. The van der Waals surface area contributed by atoms with Gasteiger partial charge in [-0.2, -0.15) is 0 Å². The topological polar surface area (TPSA) is 45.7 Å². The fourth-order valence-corrected chi connectivity index (χ4v) is 2.56. The Kier molecular flexibility index (Phi) is 4.96. The molecule has 5 heteroatoms. The second-order valence-corrected chi connectivity index (χ2v) is 6.46. The maximum atomic E-state index is 11.4. The van der Waals surface area contributed by atoms with E-state index in [1.54, 1.807) is 12.3 Å².